The zero-order valence-corrected chi connectivity index (χ0v) is 18.1. The van der Waals surface area contributed by atoms with E-state index >= 15 is 0 Å². The van der Waals surface area contributed by atoms with Crippen molar-refractivity contribution in [1.29, 1.82) is 0 Å². The molecule has 3 aromatic rings. The summed E-state index contributed by atoms with van der Waals surface area (Å²) in [6.07, 6.45) is 6.09. The van der Waals surface area contributed by atoms with Crippen LogP contribution in [0.4, 0.5) is 10.1 Å². The summed E-state index contributed by atoms with van der Waals surface area (Å²) < 4.78 is 19.3. The highest BCUT2D eigenvalue weighted by atomic mass is 19.1. The second-order valence-corrected chi connectivity index (χ2v) is 8.77. The van der Waals surface area contributed by atoms with Crippen molar-refractivity contribution >= 4 is 17.7 Å². The molecule has 0 bridgehead atoms. The number of amides is 1. The van der Waals surface area contributed by atoms with Gasteiger partial charge in [0, 0.05) is 30.3 Å². The number of aromatic nitrogens is 1. The van der Waals surface area contributed by atoms with Crippen molar-refractivity contribution < 1.29 is 13.7 Å². The van der Waals surface area contributed by atoms with Crippen molar-refractivity contribution in [3.63, 3.8) is 0 Å². The summed E-state index contributed by atoms with van der Waals surface area (Å²) in [7, 11) is 0. The minimum atomic E-state index is -0.261. The number of hydrogen-bond acceptors (Lipinski definition) is 4. The molecule has 1 spiro atoms. The zero-order chi connectivity index (χ0) is 22.1. The van der Waals surface area contributed by atoms with Gasteiger partial charge in [-0.2, -0.15) is 0 Å². The topological polar surface area (TPSA) is 49.6 Å². The Morgan fingerprint density at radius 2 is 1.94 bits per heavy atom. The van der Waals surface area contributed by atoms with Gasteiger partial charge in [0.2, 0.25) is 0 Å². The molecule has 2 aliphatic rings. The molecule has 6 heteroatoms. The highest BCUT2D eigenvalue weighted by Gasteiger charge is 2.46. The van der Waals surface area contributed by atoms with Gasteiger partial charge in [-0.1, -0.05) is 47.6 Å². The number of carbonyl (C=O) groups excluding carboxylic acids is 1. The summed E-state index contributed by atoms with van der Waals surface area (Å²) in [6.45, 7) is 4.99. The lowest BCUT2D eigenvalue weighted by atomic mass is 9.74. The molecule has 0 N–H and O–H groups in total. The van der Waals surface area contributed by atoms with Gasteiger partial charge in [0.15, 0.2) is 5.69 Å². The number of fused-ring (bicyclic) bond motifs is 2. The number of likely N-dealkylation sites (tertiary alicyclic amines) is 1. The van der Waals surface area contributed by atoms with Crippen LogP contribution in [-0.4, -0.2) is 42.1 Å². The third-order valence-electron chi connectivity index (χ3n) is 6.66. The Bertz CT molecular complexity index is 1150. The molecular weight excluding hydrogens is 405 g/mol. The summed E-state index contributed by atoms with van der Waals surface area (Å²) in [4.78, 5) is 17.3. The minimum Gasteiger partial charge on any atom is -0.361 e. The van der Waals surface area contributed by atoms with E-state index in [9.17, 15) is 9.18 Å². The monoisotopic (exact) mass is 431 g/mol. The van der Waals surface area contributed by atoms with Gasteiger partial charge in [-0.3, -0.25) is 9.69 Å². The number of hydrogen-bond donors (Lipinski definition) is 0. The van der Waals surface area contributed by atoms with Crippen molar-refractivity contribution in [1.82, 2.24) is 10.1 Å². The fraction of sp³-hybridized carbons (Fsp3) is 0.308. The first-order valence-electron chi connectivity index (χ1n) is 11.0. The van der Waals surface area contributed by atoms with Gasteiger partial charge in [-0.25, -0.2) is 4.39 Å². The molecule has 0 radical (unpaired) electrons. The molecular formula is C26H26FN3O2. The van der Waals surface area contributed by atoms with Crippen LogP contribution in [-0.2, 0) is 5.41 Å². The maximum absolute atomic E-state index is 14.2. The van der Waals surface area contributed by atoms with Gasteiger partial charge in [0.05, 0.1) is 0 Å². The fourth-order valence-corrected chi connectivity index (χ4v) is 4.92. The van der Waals surface area contributed by atoms with Crippen LogP contribution < -0.4 is 4.90 Å². The van der Waals surface area contributed by atoms with Crippen LogP contribution in [0, 0.1) is 12.7 Å². The summed E-state index contributed by atoms with van der Waals surface area (Å²) in [5.41, 5.74) is 2.97. The number of anilines is 1. The number of carbonyl (C=O) groups is 1. The van der Waals surface area contributed by atoms with Crippen molar-refractivity contribution in [3.05, 3.63) is 89.1 Å². The number of piperidine rings is 1. The highest BCUT2D eigenvalue weighted by molar-refractivity contribution is 6.06. The second kappa shape index (κ2) is 8.36. The van der Waals surface area contributed by atoms with E-state index in [4.69, 9.17) is 4.52 Å². The Morgan fingerprint density at radius 3 is 2.66 bits per heavy atom. The molecule has 32 heavy (non-hydrogen) atoms. The van der Waals surface area contributed by atoms with Crippen LogP contribution in [0.3, 0.4) is 0 Å². The predicted molar refractivity (Wildman–Crippen MR) is 122 cm³/mol. The predicted octanol–water partition coefficient (Wildman–Crippen LogP) is 4.83. The largest absolute Gasteiger partial charge is 0.361 e. The Morgan fingerprint density at radius 1 is 1.16 bits per heavy atom. The molecule has 1 aromatic heterocycles. The third-order valence-corrected chi connectivity index (χ3v) is 6.66. The average molecular weight is 432 g/mol. The molecule has 0 atom stereocenters. The Hall–Kier alpha value is -3.25. The molecule has 164 valence electrons. The molecule has 5 nitrogen and oxygen atoms in total. The molecule has 0 aliphatic carbocycles. The van der Waals surface area contributed by atoms with Gasteiger partial charge in [-0.15, -0.1) is 0 Å². The second-order valence-electron chi connectivity index (χ2n) is 8.77. The quantitative estimate of drug-likeness (QED) is 0.594. The van der Waals surface area contributed by atoms with Crippen LogP contribution >= 0.6 is 0 Å². The van der Waals surface area contributed by atoms with E-state index in [1.807, 2.05) is 18.2 Å². The van der Waals surface area contributed by atoms with Crippen molar-refractivity contribution in [2.45, 2.75) is 25.2 Å². The molecule has 1 fully saturated rings. The molecule has 1 saturated heterocycles. The van der Waals surface area contributed by atoms with Crippen molar-refractivity contribution in [3.8, 4) is 0 Å². The number of rotatable bonds is 4. The molecule has 1 amide bonds. The summed E-state index contributed by atoms with van der Waals surface area (Å²) in [6, 6.07) is 16.7. The lowest BCUT2D eigenvalue weighted by Crippen LogP contribution is -2.46. The number of aryl methyl sites for hydroxylation is 1. The Labute approximate surface area is 187 Å². The third kappa shape index (κ3) is 3.86. The molecule has 2 aromatic carbocycles. The van der Waals surface area contributed by atoms with E-state index < -0.39 is 0 Å². The van der Waals surface area contributed by atoms with Gasteiger partial charge >= 0.3 is 0 Å². The van der Waals surface area contributed by atoms with Gasteiger partial charge in [0.25, 0.3) is 5.91 Å². The smallest absolute Gasteiger partial charge is 0.280 e. The number of halogens is 1. The minimum absolute atomic E-state index is 0.195. The highest BCUT2D eigenvalue weighted by Crippen LogP contribution is 2.47. The van der Waals surface area contributed by atoms with Crippen molar-refractivity contribution in [2.24, 2.45) is 0 Å². The first-order chi connectivity index (χ1) is 15.5. The molecule has 5 rings (SSSR count). The van der Waals surface area contributed by atoms with Crippen LogP contribution in [0.15, 0.2) is 65.2 Å². The van der Waals surface area contributed by atoms with E-state index in [2.05, 4.69) is 34.3 Å². The van der Waals surface area contributed by atoms with Crippen molar-refractivity contribution in [2.75, 3.05) is 31.1 Å². The van der Waals surface area contributed by atoms with Crippen LogP contribution in [0.25, 0.3) is 6.08 Å². The normalized spacial score (nSPS) is 17.9. The fourth-order valence-electron chi connectivity index (χ4n) is 4.92. The lowest BCUT2D eigenvalue weighted by molar-refractivity contribution is 0.0969. The van der Waals surface area contributed by atoms with Crippen LogP contribution in [0.1, 0.15) is 40.2 Å². The van der Waals surface area contributed by atoms with E-state index in [1.165, 1.54) is 11.6 Å². The summed E-state index contributed by atoms with van der Waals surface area (Å²) in [5.74, 6) is 0.140. The summed E-state index contributed by atoms with van der Waals surface area (Å²) in [5, 5.41) is 3.90. The number of nitrogens with zero attached hydrogens (tertiary/aromatic N) is 3. The number of benzene rings is 2. The maximum atomic E-state index is 14.2. The summed E-state index contributed by atoms with van der Waals surface area (Å²) >= 11 is 0. The maximum Gasteiger partial charge on any atom is 0.280 e. The zero-order valence-electron chi connectivity index (χ0n) is 18.1. The van der Waals surface area contributed by atoms with E-state index in [1.54, 1.807) is 30.0 Å². The molecule has 0 saturated carbocycles. The average Bonchev–Trinajstić information content (AvgIpc) is 3.37. The lowest BCUT2D eigenvalue weighted by Gasteiger charge is -2.39. The first-order valence-corrected chi connectivity index (χ1v) is 11.0. The SMILES string of the molecule is Cc1cc(C(=O)N2CC3(CCN(CC=Cc4ccccc4)CC3)c3cc(F)ccc32)no1. The van der Waals surface area contributed by atoms with E-state index in [-0.39, 0.29) is 17.1 Å². The van der Waals surface area contributed by atoms with E-state index in [0.717, 1.165) is 43.7 Å². The molecule has 0 unspecified atom stereocenters. The molecule has 2 aliphatic heterocycles. The molecule has 3 heterocycles. The standard InChI is InChI=1S/C26H26FN3O2/c1-19-16-23(28-32-19)25(31)30-18-26(22-17-21(27)9-10-24(22)30)11-14-29(15-12-26)13-5-8-20-6-3-2-4-7-20/h2-10,16-17H,11-15,18H2,1H3. The first kappa shape index (κ1) is 20.6. The van der Waals surface area contributed by atoms with E-state index in [0.29, 0.717) is 18.0 Å². The van der Waals surface area contributed by atoms with Crippen LogP contribution in [0.2, 0.25) is 0 Å². The van der Waals surface area contributed by atoms with Gasteiger partial charge in [0.1, 0.15) is 11.6 Å². The van der Waals surface area contributed by atoms with Crippen LogP contribution in [0.5, 0.6) is 0 Å². The van der Waals surface area contributed by atoms with Gasteiger partial charge < -0.3 is 9.42 Å². The Kier molecular flexibility index (Phi) is 5.39. The van der Waals surface area contributed by atoms with Gasteiger partial charge in [-0.05, 0) is 62.2 Å². The Balaban J connectivity index is 1.32.